The van der Waals surface area contributed by atoms with Crippen molar-refractivity contribution in [2.24, 2.45) is 0 Å². The molecular weight excluding hydrogens is 288 g/mol. The predicted molar refractivity (Wildman–Crippen MR) is 94.2 cm³/mol. The minimum atomic E-state index is -0.274. The molecule has 116 valence electrons. The average Bonchev–Trinajstić information content (AvgIpc) is 2.57. The Bertz CT molecular complexity index is 813. The highest BCUT2D eigenvalue weighted by Gasteiger charge is 2.04. The number of hydrogen-bond acceptors (Lipinski definition) is 2. The number of carbonyl (C=O) groups excluding carboxylic acids is 1. The summed E-state index contributed by atoms with van der Waals surface area (Å²) in [5.74, 6) is 0.785. The molecule has 0 aliphatic carbocycles. The van der Waals surface area contributed by atoms with Gasteiger partial charge in [-0.15, -0.1) is 0 Å². The summed E-state index contributed by atoms with van der Waals surface area (Å²) < 4.78 is 5.37. The molecule has 0 unspecified atom stereocenters. The van der Waals surface area contributed by atoms with E-state index in [0.29, 0.717) is 12.3 Å². The van der Waals surface area contributed by atoms with Crippen LogP contribution in [0.1, 0.15) is 6.92 Å². The first-order valence-corrected chi connectivity index (χ1v) is 7.54. The van der Waals surface area contributed by atoms with Crippen molar-refractivity contribution in [1.82, 2.24) is 0 Å². The lowest BCUT2D eigenvalue weighted by Crippen LogP contribution is -2.19. The van der Waals surface area contributed by atoms with Crippen LogP contribution in [-0.2, 0) is 0 Å². The van der Waals surface area contributed by atoms with Gasteiger partial charge >= 0.3 is 6.03 Å². The van der Waals surface area contributed by atoms with E-state index >= 15 is 0 Å². The van der Waals surface area contributed by atoms with E-state index in [1.54, 1.807) is 0 Å². The first-order valence-electron chi connectivity index (χ1n) is 7.54. The summed E-state index contributed by atoms with van der Waals surface area (Å²) in [5.41, 5.74) is 1.47. The molecule has 0 saturated heterocycles. The highest BCUT2D eigenvalue weighted by Crippen LogP contribution is 2.19. The van der Waals surface area contributed by atoms with Crippen LogP contribution in [0.3, 0.4) is 0 Å². The van der Waals surface area contributed by atoms with E-state index in [1.165, 1.54) is 0 Å². The normalized spacial score (nSPS) is 10.3. The van der Waals surface area contributed by atoms with Crippen molar-refractivity contribution < 1.29 is 9.53 Å². The molecule has 0 aromatic heterocycles. The van der Waals surface area contributed by atoms with E-state index in [2.05, 4.69) is 10.6 Å². The van der Waals surface area contributed by atoms with Crippen molar-refractivity contribution in [3.63, 3.8) is 0 Å². The first-order chi connectivity index (χ1) is 11.2. The average molecular weight is 306 g/mol. The molecule has 3 aromatic rings. The van der Waals surface area contributed by atoms with Gasteiger partial charge < -0.3 is 15.4 Å². The largest absolute Gasteiger partial charge is 0.494 e. The highest BCUT2D eigenvalue weighted by molar-refractivity contribution is 6.01. The van der Waals surface area contributed by atoms with E-state index in [9.17, 15) is 4.79 Å². The Hall–Kier alpha value is -3.01. The number of anilines is 2. The third kappa shape index (κ3) is 3.80. The van der Waals surface area contributed by atoms with Crippen LogP contribution in [0.25, 0.3) is 10.8 Å². The number of amides is 2. The Labute approximate surface area is 135 Å². The molecule has 4 nitrogen and oxygen atoms in total. The Balaban J connectivity index is 1.65. The zero-order chi connectivity index (χ0) is 16.1. The quantitative estimate of drug-likeness (QED) is 0.721. The molecule has 0 spiro atoms. The molecule has 0 atom stereocenters. The monoisotopic (exact) mass is 306 g/mol. The third-order valence-electron chi connectivity index (χ3n) is 3.43. The molecule has 4 heteroatoms. The number of fused-ring (bicyclic) bond motifs is 1. The minimum Gasteiger partial charge on any atom is -0.494 e. The van der Waals surface area contributed by atoms with Crippen LogP contribution in [0.2, 0.25) is 0 Å². The number of carbonyl (C=O) groups is 1. The number of ether oxygens (including phenoxy) is 1. The highest BCUT2D eigenvalue weighted by atomic mass is 16.5. The zero-order valence-electron chi connectivity index (χ0n) is 12.9. The summed E-state index contributed by atoms with van der Waals surface area (Å²) in [6.45, 7) is 2.55. The van der Waals surface area contributed by atoms with Gasteiger partial charge in [-0.05, 0) is 54.1 Å². The predicted octanol–water partition coefficient (Wildman–Crippen LogP) is 4.88. The van der Waals surface area contributed by atoms with Crippen LogP contribution in [0.15, 0.2) is 66.7 Å². The van der Waals surface area contributed by atoms with Crippen molar-refractivity contribution in [3.05, 3.63) is 66.7 Å². The smallest absolute Gasteiger partial charge is 0.323 e. The van der Waals surface area contributed by atoms with Crippen LogP contribution >= 0.6 is 0 Å². The van der Waals surface area contributed by atoms with Crippen LogP contribution in [0.4, 0.5) is 16.2 Å². The molecule has 0 radical (unpaired) electrons. The molecule has 2 amide bonds. The first kappa shape index (κ1) is 14.9. The van der Waals surface area contributed by atoms with Crippen molar-refractivity contribution in [1.29, 1.82) is 0 Å². The summed E-state index contributed by atoms with van der Waals surface area (Å²) in [6.07, 6.45) is 0. The number of nitrogens with one attached hydrogen (secondary N) is 2. The van der Waals surface area contributed by atoms with Gasteiger partial charge in [0.05, 0.1) is 6.61 Å². The van der Waals surface area contributed by atoms with Crippen LogP contribution < -0.4 is 15.4 Å². The maximum atomic E-state index is 12.1. The van der Waals surface area contributed by atoms with Crippen LogP contribution in [0.5, 0.6) is 5.75 Å². The van der Waals surface area contributed by atoms with E-state index in [-0.39, 0.29) is 6.03 Å². The van der Waals surface area contributed by atoms with Gasteiger partial charge in [0.15, 0.2) is 0 Å². The lowest BCUT2D eigenvalue weighted by Gasteiger charge is -2.09. The van der Waals surface area contributed by atoms with Crippen molar-refractivity contribution in [2.75, 3.05) is 17.2 Å². The van der Waals surface area contributed by atoms with Gasteiger partial charge in [0, 0.05) is 11.4 Å². The second-order valence-electron chi connectivity index (χ2n) is 5.10. The molecule has 0 aliphatic heterocycles. The second kappa shape index (κ2) is 6.83. The number of urea groups is 1. The number of rotatable bonds is 4. The summed E-state index contributed by atoms with van der Waals surface area (Å²) in [4.78, 5) is 12.1. The van der Waals surface area contributed by atoms with Gasteiger partial charge in [0.1, 0.15) is 5.75 Å². The maximum absolute atomic E-state index is 12.1. The van der Waals surface area contributed by atoms with Crippen molar-refractivity contribution in [2.45, 2.75) is 6.92 Å². The molecule has 0 heterocycles. The van der Waals surface area contributed by atoms with Crippen molar-refractivity contribution >= 4 is 28.2 Å². The molecule has 0 aliphatic rings. The molecule has 0 fully saturated rings. The lowest BCUT2D eigenvalue weighted by atomic mass is 10.1. The Morgan fingerprint density at radius 2 is 1.52 bits per heavy atom. The molecule has 2 N–H and O–H groups in total. The summed E-state index contributed by atoms with van der Waals surface area (Å²) in [5, 5.41) is 7.88. The minimum absolute atomic E-state index is 0.274. The van der Waals surface area contributed by atoms with E-state index in [1.807, 2.05) is 73.7 Å². The fourth-order valence-electron chi connectivity index (χ4n) is 2.36. The Kier molecular flexibility index (Phi) is 4.43. The van der Waals surface area contributed by atoms with Gasteiger partial charge in [-0.1, -0.05) is 30.3 Å². The SMILES string of the molecule is CCOc1ccc(NC(=O)Nc2ccc3ccccc3c2)cc1. The summed E-state index contributed by atoms with van der Waals surface area (Å²) in [6, 6.07) is 20.9. The van der Waals surface area contributed by atoms with E-state index in [4.69, 9.17) is 4.74 Å². The molecular formula is C19H18N2O2. The van der Waals surface area contributed by atoms with Crippen molar-refractivity contribution in [3.8, 4) is 5.75 Å². The molecule has 23 heavy (non-hydrogen) atoms. The van der Waals surface area contributed by atoms with E-state index in [0.717, 1.165) is 22.2 Å². The van der Waals surface area contributed by atoms with Gasteiger partial charge in [-0.3, -0.25) is 0 Å². The third-order valence-corrected chi connectivity index (χ3v) is 3.43. The Morgan fingerprint density at radius 1 is 0.870 bits per heavy atom. The van der Waals surface area contributed by atoms with Crippen LogP contribution in [-0.4, -0.2) is 12.6 Å². The van der Waals surface area contributed by atoms with Gasteiger partial charge in [0.25, 0.3) is 0 Å². The Morgan fingerprint density at radius 3 is 2.26 bits per heavy atom. The van der Waals surface area contributed by atoms with Gasteiger partial charge in [0.2, 0.25) is 0 Å². The molecule has 0 bridgehead atoms. The summed E-state index contributed by atoms with van der Waals surface area (Å²) >= 11 is 0. The standard InChI is InChI=1S/C19H18N2O2/c1-2-23-18-11-9-16(10-12-18)20-19(22)21-17-8-7-14-5-3-4-6-15(14)13-17/h3-13H,2H2,1H3,(H2,20,21,22). The molecule has 3 aromatic carbocycles. The lowest BCUT2D eigenvalue weighted by molar-refractivity contribution is 0.262. The van der Waals surface area contributed by atoms with E-state index < -0.39 is 0 Å². The zero-order valence-corrected chi connectivity index (χ0v) is 12.9. The fourth-order valence-corrected chi connectivity index (χ4v) is 2.36. The van der Waals surface area contributed by atoms with Gasteiger partial charge in [-0.25, -0.2) is 4.79 Å². The molecule has 0 saturated carbocycles. The topological polar surface area (TPSA) is 50.4 Å². The second-order valence-corrected chi connectivity index (χ2v) is 5.10. The van der Waals surface area contributed by atoms with Crippen LogP contribution in [0, 0.1) is 0 Å². The summed E-state index contributed by atoms with van der Waals surface area (Å²) in [7, 11) is 0. The van der Waals surface area contributed by atoms with Gasteiger partial charge in [-0.2, -0.15) is 0 Å². The molecule has 3 rings (SSSR count). The maximum Gasteiger partial charge on any atom is 0.323 e. The number of benzene rings is 3. The fraction of sp³-hybridized carbons (Fsp3) is 0.105. The number of hydrogen-bond donors (Lipinski definition) is 2.